The SMILES string of the molecule is CC1(C(=O)n2nc(C3(C)CCNCC3)cc2NCc2ccc(Cl)s2)CCOCC1. The van der Waals surface area contributed by atoms with Crippen LogP contribution in [0.3, 0.4) is 0 Å². The van der Waals surface area contributed by atoms with Crippen LogP contribution in [0, 0.1) is 5.41 Å². The topological polar surface area (TPSA) is 68.2 Å². The summed E-state index contributed by atoms with van der Waals surface area (Å²) >= 11 is 7.62. The summed E-state index contributed by atoms with van der Waals surface area (Å²) in [6.07, 6.45) is 3.48. The molecule has 2 saturated heterocycles. The lowest BCUT2D eigenvalue weighted by molar-refractivity contribution is 0.0168. The first-order valence-electron chi connectivity index (χ1n) is 10.3. The Hall–Kier alpha value is -1.41. The molecule has 2 aromatic heterocycles. The monoisotopic (exact) mass is 436 g/mol. The third kappa shape index (κ3) is 4.38. The number of hydrogen-bond acceptors (Lipinski definition) is 6. The zero-order valence-electron chi connectivity index (χ0n) is 17.1. The summed E-state index contributed by atoms with van der Waals surface area (Å²) in [7, 11) is 0. The van der Waals surface area contributed by atoms with Crippen LogP contribution in [0.15, 0.2) is 18.2 Å². The van der Waals surface area contributed by atoms with Crippen molar-refractivity contribution in [1.29, 1.82) is 0 Å². The molecule has 2 aliphatic rings. The van der Waals surface area contributed by atoms with Crippen LogP contribution in [0.2, 0.25) is 4.34 Å². The van der Waals surface area contributed by atoms with Crippen LogP contribution < -0.4 is 10.6 Å². The van der Waals surface area contributed by atoms with Gasteiger partial charge >= 0.3 is 0 Å². The lowest BCUT2D eigenvalue weighted by atomic mass is 9.78. The molecule has 0 aliphatic carbocycles. The zero-order chi connectivity index (χ0) is 20.5. The van der Waals surface area contributed by atoms with Crippen LogP contribution in [0.4, 0.5) is 5.82 Å². The molecule has 0 unspecified atom stereocenters. The first-order chi connectivity index (χ1) is 13.9. The molecular weight excluding hydrogens is 408 g/mol. The maximum absolute atomic E-state index is 13.5. The molecule has 0 radical (unpaired) electrons. The van der Waals surface area contributed by atoms with E-state index in [2.05, 4.69) is 23.6 Å². The van der Waals surface area contributed by atoms with E-state index >= 15 is 0 Å². The number of rotatable bonds is 5. The zero-order valence-corrected chi connectivity index (χ0v) is 18.7. The average molecular weight is 437 g/mol. The molecule has 2 fully saturated rings. The molecular formula is C21H29ClN4O2S. The van der Waals surface area contributed by atoms with Gasteiger partial charge in [0, 0.05) is 29.6 Å². The summed E-state index contributed by atoms with van der Waals surface area (Å²) in [6, 6.07) is 5.98. The second-order valence-electron chi connectivity index (χ2n) is 8.67. The highest BCUT2D eigenvalue weighted by atomic mass is 35.5. The number of nitrogens with zero attached hydrogens (tertiary/aromatic N) is 2. The molecule has 29 heavy (non-hydrogen) atoms. The molecule has 0 amide bonds. The van der Waals surface area contributed by atoms with E-state index in [0.29, 0.717) is 19.8 Å². The molecule has 0 aromatic carbocycles. The molecule has 0 saturated carbocycles. The van der Waals surface area contributed by atoms with Crippen molar-refractivity contribution in [2.75, 3.05) is 31.6 Å². The predicted octanol–water partition coefficient (Wildman–Crippen LogP) is 4.31. The maximum Gasteiger partial charge on any atom is 0.254 e. The number of carbonyl (C=O) groups excluding carboxylic acids is 1. The molecule has 0 atom stereocenters. The summed E-state index contributed by atoms with van der Waals surface area (Å²) in [6.45, 7) is 8.10. The van der Waals surface area contributed by atoms with Gasteiger partial charge in [0.2, 0.25) is 0 Å². The van der Waals surface area contributed by atoms with Gasteiger partial charge in [-0.25, -0.2) is 0 Å². The third-order valence-corrected chi connectivity index (χ3v) is 7.64. The number of hydrogen-bond donors (Lipinski definition) is 2. The van der Waals surface area contributed by atoms with Crippen molar-refractivity contribution in [2.45, 2.75) is 51.5 Å². The number of halogens is 1. The first-order valence-corrected chi connectivity index (χ1v) is 11.5. The fraction of sp³-hybridized carbons (Fsp3) is 0.619. The second-order valence-corrected chi connectivity index (χ2v) is 10.5. The van der Waals surface area contributed by atoms with Crippen LogP contribution in [-0.2, 0) is 16.7 Å². The molecule has 2 aliphatic heterocycles. The van der Waals surface area contributed by atoms with E-state index in [4.69, 9.17) is 21.4 Å². The molecule has 6 nitrogen and oxygen atoms in total. The van der Waals surface area contributed by atoms with Gasteiger partial charge in [0.25, 0.3) is 5.91 Å². The number of aromatic nitrogens is 2. The summed E-state index contributed by atoms with van der Waals surface area (Å²) in [5, 5.41) is 11.7. The van der Waals surface area contributed by atoms with Crippen molar-refractivity contribution in [3.63, 3.8) is 0 Å². The summed E-state index contributed by atoms with van der Waals surface area (Å²) in [5.74, 6) is 0.818. The quantitative estimate of drug-likeness (QED) is 0.731. The van der Waals surface area contributed by atoms with E-state index in [1.54, 1.807) is 16.0 Å². The minimum atomic E-state index is -0.445. The van der Waals surface area contributed by atoms with Gasteiger partial charge in [-0.3, -0.25) is 4.79 Å². The Morgan fingerprint density at radius 2 is 2.00 bits per heavy atom. The molecule has 4 rings (SSSR count). The maximum atomic E-state index is 13.5. The smallest absolute Gasteiger partial charge is 0.254 e. The highest BCUT2D eigenvalue weighted by Gasteiger charge is 2.39. The van der Waals surface area contributed by atoms with E-state index in [1.165, 1.54) is 0 Å². The molecule has 4 heterocycles. The molecule has 2 N–H and O–H groups in total. The van der Waals surface area contributed by atoms with E-state index < -0.39 is 5.41 Å². The Balaban J connectivity index is 1.64. The number of nitrogens with one attached hydrogen (secondary N) is 2. The van der Waals surface area contributed by atoms with Gasteiger partial charge in [-0.15, -0.1) is 11.3 Å². The van der Waals surface area contributed by atoms with Crippen molar-refractivity contribution in [1.82, 2.24) is 15.1 Å². The average Bonchev–Trinajstić information content (AvgIpc) is 3.33. The van der Waals surface area contributed by atoms with Crippen LogP contribution in [0.1, 0.15) is 54.9 Å². The minimum absolute atomic E-state index is 0.0178. The number of carbonyl (C=O) groups is 1. The third-order valence-electron chi connectivity index (χ3n) is 6.41. The van der Waals surface area contributed by atoms with Crippen molar-refractivity contribution >= 4 is 34.7 Å². The summed E-state index contributed by atoms with van der Waals surface area (Å²) in [5.41, 5.74) is 0.532. The Bertz CT molecular complexity index is 866. The van der Waals surface area contributed by atoms with Crippen molar-refractivity contribution in [3.05, 3.63) is 33.1 Å². The highest BCUT2D eigenvalue weighted by Crippen LogP contribution is 2.36. The molecule has 158 valence electrons. The van der Waals surface area contributed by atoms with E-state index in [9.17, 15) is 4.79 Å². The lowest BCUT2D eigenvalue weighted by Gasteiger charge is -2.33. The fourth-order valence-corrected chi connectivity index (χ4v) is 5.13. The minimum Gasteiger partial charge on any atom is -0.381 e. The Morgan fingerprint density at radius 1 is 1.28 bits per heavy atom. The summed E-state index contributed by atoms with van der Waals surface area (Å²) < 4.78 is 7.87. The highest BCUT2D eigenvalue weighted by molar-refractivity contribution is 7.16. The number of ether oxygens (including phenoxy) is 1. The van der Waals surface area contributed by atoms with Gasteiger partial charge in [0.05, 0.1) is 22.0 Å². The standard InChI is InChI=1S/C21H29ClN4O2S/c1-20(5-9-23-10-6-20)16-13-18(24-14-15-3-4-17(22)29-15)26(25-16)19(27)21(2)7-11-28-12-8-21/h3-4,13,23-24H,5-12,14H2,1-2H3. The van der Waals surface area contributed by atoms with Gasteiger partial charge in [0.1, 0.15) is 5.82 Å². The van der Waals surface area contributed by atoms with Gasteiger partial charge in [-0.2, -0.15) is 9.78 Å². The fourth-order valence-electron chi connectivity index (χ4n) is 4.11. The van der Waals surface area contributed by atoms with E-state index in [0.717, 1.165) is 59.5 Å². The largest absolute Gasteiger partial charge is 0.381 e. The van der Waals surface area contributed by atoms with Gasteiger partial charge in [-0.1, -0.05) is 25.4 Å². The van der Waals surface area contributed by atoms with Crippen molar-refractivity contribution < 1.29 is 9.53 Å². The van der Waals surface area contributed by atoms with Crippen LogP contribution >= 0.6 is 22.9 Å². The summed E-state index contributed by atoms with van der Waals surface area (Å²) in [4.78, 5) is 14.7. The molecule has 8 heteroatoms. The second kappa shape index (κ2) is 8.38. The lowest BCUT2D eigenvalue weighted by Crippen LogP contribution is -2.40. The predicted molar refractivity (Wildman–Crippen MR) is 117 cm³/mol. The first kappa shape index (κ1) is 20.8. The van der Waals surface area contributed by atoms with Crippen molar-refractivity contribution in [3.8, 4) is 0 Å². The van der Waals surface area contributed by atoms with Crippen molar-refractivity contribution in [2.24, 2.45) is 5.41 Å². The normalized spacial score (nSPS) is 21.1. The Kier molecular flexibility index (Phi) is 6.02. The van der Waals surface area contributed by atoms with E-state index in [-0.39, 0.29) is 11.3 Å². The Labute approximate surface area is 181 Å². The number of anilines is 1. The molecule has 2 aromatic rings. The van der Waals surface area contributed by atoms with Crippen LogP contribution in [0.25, 0.3) is 0 Å². The van der Waals surface area contributed by atoms with Gasteiger partial charge in [0.15, 0.2) is 0 Å². The van der Waals surface area contributed by atoms with Crippen LogP contribution in [-0.4, -0.2) is 42.0 Å². The number of thiophene rings is 1. The Morgan fingerprint density at radius 3 is 2.66 bits per heavy atom. The van der Waals surface area contributed by atoms with E-state index in [1.807, 2.05) is 19.1 Å². The van der Waals surface area contributed by atoms with Crippen LogP contribution in [0.5, 0.6) is 0 Å². The van der Waals surface area contributed by atoms with Gasteiger partial charge in [-0.05, 0) is 50.9 Å². The molecule has 0 bridgehead atoms. The number of piperidine rings is 1. The molecule has 0 spiro atoms. The van der Waals surface area contributed by atoms with Gasteiger partial charge < -0.3 is 15.4 Å².